The molecular weight excluding hydrogens is 370 g/mol. The topological polar surface area (TPSA) is 26.3 Å². The molecule has 0 N–H and O–H groups in total. The molecule has 0 amide bonds. The van der Waals surface area contributed by atoms with Gasteiger partial charge >= 0.3 is 5.97 Å². The molecule has 164 valence electrons. The number of carbonyl (C=O) groups is 1. The molecule has 2 nitrogen and oxygen atoms in total. The normalized spacial score (nSPS) is 19.3. The molecule has 1 aliphatic carbocycles. The standard InChI is InChI=1S/C25H38F2O2/c1-3-5-7-8-10-11-19-13-15-21(16-14-19)25(28)29-22-18-17-20(12-9-6-4-2)23(26)24(22)27/h17-19,21H,3-16H2,1-2H3. The first-order chi connectivity index (χ1) is 14.1. The zero-order valence-corrected chi connectivity index (χ0v) is 18.3. The minimum Gasteiger partial charge on any atom is -0.423 e. The average molecular weight is 409 g/mol. The van der Waals surface area contributed by atoms with E-state index >= 15 is 0 Å². The molecule has 0 bridgehead atoms. The van der Waals surface area contributed by atoms with Crippen LogP contribution in [0.3, 0.4) is 0 Å². The van der Waals surface area contributed by atoms with E-state index in [0.29, 0.717) is 17.9 Å². The maximum atomic E-state index is 14.3. The van der Waals surface area contributed by atoms with Crippen LogP contribution in [-0.2, 0) is 11.2 Å². The number of rotatable bonds is 12. The molecule has 1 saturated carbocycles. The second-order valence-electron chi connectivity index (χ2n) is 8.65. The highest BCUT2D eigenvalue weighted by molar-refractivity contribution is 5.75. The Bertz CT molecular complexity index is 621. The predicted octanol–water partition coefficient (Wildman–Crippen LogP) is 7.77. The molecule has 1 aromatic rings. The van der Waals surface area contributed by atoms with E-state index in [1.807, 2.05) is 0 Å². The molecule has 0 atom stereocenters. The summed E-state index contributed by atoms with van der Waals surface area (Å²) in [7, 11) is 0. The second kappa shape index (κ2) is 13.0. The van der Waals surface area contributed by atoms with Crippen molar-refractivity contribution in [2.24, 2.45) is 11.8 Å². The predicted molar refractivity (Wildman–Crippen MR) is 114 cm³/mol. The van der Waals surface area contributed by atoms with Crippen LogP contribution in [-0.4, -0.2) is 5.97 Å². The van der Waals surface area contributed by atoms with Gasteiger partial charge < -0.3 is 4.74 Å². The molecule has 0 saturated heterocycles. The lowest BCUT2D eigenvalue weighted by molar-refractivity contribution is -0.140. The smallest absolute Gasteiger partial charge is 0.314 e. The van der Waals surface area contributed by atoms with Gasteiger partial charge in [0.25, 0.3) is 0 Å². The summed E-state index contributed by atoms with van der Waals surface area (Å²) in [6.07, 6.45) is 14.7. The quantitative estimate of drug-likeness (QED) is 0.201. The Labute approximate surface area is 175 Å². The average Bonchev–Trinajstić information content (AvgIpc) is 2.73. The van der Waals surface area contributed by atoms with Crippen molar-refractivity contribution in [1.29, 1.82) is 0 Å². The molecule has 0 aliphatic heterocycles. The van der Waals surface area contributed by atoms with E-state index in [0.717, 1.165) is 44.9 Å². The largest absolute Gasteiger partial charge is 0.423 e. The molecule has 4 heteroatoms. The zero-order valence-electron chi connectivity index (χ0n) is 18.3. The number of ether oxygens (including phenoxy) is 1. The monoisotopic (exact) mass is 408 g/mol. The number of unbranched alkanes of at least 4 members (excludes halogenated alkanes) is 6. The highest BCUT2D eigenvalue weighted by Gasteiger charge is 2.28. The van der Waals surface area contributed by atoms with Gasteiger partial charge in [-0.2, -0.15) is 4.39 Å². The SMILES string of the molecule is CCCCCCCC1CCC(C(=O)Oc2ccc(CCCCC)c(F)c2F)CC1. The third kappa shape index (κ3) is 7.71. The number of aryl methyl sites for hydroxylation is 1. The summed E-state index contributed by atoms with van der Waals surface area (Å²) in [5, 5.41) is 0. The first-order valence-electron chi connectivity index (χ1n) is 11.7. The van der Waals surface area contributed by atoms with E-state index in [1.54, 1.807) is 6.07 Å². The minimum absolute atomic E-state index is 0.196. The third-order valence-electron chi connectivity index (χ3n) is 6.28. The number of carbonyl (C=O) groups excluding carboxylic acids is 1. The van der Waals surface area contributed by atoms with Gasteiger partial charge in [0.1, 0.15) is 0 Å². The molecule has 1 aromatic carbocycles. The Morgan fingerprint density at radius 2 is 1.55 bits per heavy atom. The molecule has 0 aromatic heterocycles. The summed E-state index contributed by atoms with van der Waals surface area (Å²) in [5.74, 6) is -2.10. The van der Waals surface area contributed by atoms with Crippen LogP contribution in [0.15, 0.2) is 12.1 Å². The van der Waals surface area contributed by atoms with Crippen molar-refractivity contribution in [3.63, 3.8) is 0 Å². The Morgan fingerprint density at radius 3 is 2.24 bits per heavy atom. The highest BCUT2D eigenvalue weighted by atomic mass is 19.2. The van der Waals surface area contributed by atoms with Crippen LogP contribution in [0, 0.1) is 23.5 Å². The molecule has 0 spiro atoms. The Hall–Kier alpha value is -1.45. The Kier molecular flexibility index (Phi) is 10.7. The van der Waals surface area contributed by atoms with Crippen LogP contribution in [0.4, 0.5) is 8.78 Å². The van der Waals surface area contributed by atoms with Crippen molar-refractivity contribution < 1.29 is 18.3 Å². The molecule has 1 fully saturated rings. The fourth-order valence-corrected chi connectivity index (χ4v) is 4.32. The first-order valence-corrected chi connectivity index (χ1v) is 11.7. The van der Waals surface area contributed by atoms with E-state index < -0.39 is 17.6 Å². The van der Waals surface area contributed by atoms with Gasteiger partial charge in [-0.15, -0.1) is 0 Å². The van der Waals surface area contributed by atoms with E-state index in [1.165, 1.54) is 44.6 Å². The Morgan fingerprint density at radius 1 is 0.897 bits per heavy atom. The van der Waals surface area contributed by atoms with Gasteiger partial charge in [-0.05, 0) is 56.1 Å². The van der Waals surface area contributed by atoms with Crippen molar-refractivity contribution in [2.75, 3.05) is 0 Å². The summed E-state index contributed by atoms with van der Waals surface area (Å²) < 4.78 is 33.9. The number of hydrogen-bond acceptors (Lipinski definition) is 2. The van der Waals surface area contributed by atoms with Gasteiger partial charge in [0.05, 0.1) is 5.92 Å². The van der Waals surface area contributed by atoms with Crippen LogP contribution >= 0.6 is 0 Å². The number of benzene rings is 1. The van der Waals surface area contributed by atoms with Crippen LogP contribution < -0.4 is 4.74 Å². The van der Waals surface area contributed by atoms with Gasteiger partial charge in [-0.3, -0.25) is 4.79 Å². The van der Waals surface area contributed by atoms with Crippen LogP contribution in [0.25, 0.3) is 0 Å². The molecule has 29 heavy (non-hydrogen) atoms. The summed E-state index contributed by atoms with van der Waals surface area (Å²) >= 11 is 0. The lowest BCUT2D eigenvalue weighted by Gasteiger charge is -2.27. The van der Waals surface area contributed by atoms with Gasteiger partial charge in [0.15, 0.2) is 11.6 Å². The summed E-state index contributed by atoms with van der Waals surface area (Å²) in [6, 6.07) is 2.95. The fraction of sp³-hybridized carbons (Fsp3) is 0.720. The number of esters is 1. The Balaban J connectivity index is 1.78. The van der Waals surface area contributed by atoms with Gasteiger partial charge in [0.2, 0.25) is 5.82 Å². The zero-order chi connectivity index (χ0) is 21.1. The van der Waals surface area contributed by atoms with Crippen molar-refractivity contribution in [1.82, 2.24) is 0 Å². The number of hydrogen-bond donors (Lipinski definition) is 0. The highest BCUT2D eigenvalue weighted by Crippen LogP contribution is 2.33. The van der Waals surface area contributed by atoms with E-state index in [4.69, 9.17) is 4.74 Å². The molecular formula is C25H38F2O2. The fourth-order valence-electron chi connectivity index (χ4n) is 4.32. The second-order valence-corrected chi connectivity index (χ2v) is 8.65. The van der Waals surface area contributed by atoms with Crippen molar-refractivity contribution in [3.05, 3.63) is 29.3 Å². The van der Waals surface area contributed by atoms with Gasteiger partial charge in [-0.25, -0.2) is 4.39 Å². The summed E-state index contributed by atoms with van der Waals surface area (Å²) in [4.78, 5) is 12.5. The lowest BCUT2D eigenvalue weighted by Crippen LogP contribution is -2.26. The van der Waals surface area contributed by atoms with E-state index in [2.05, 4.69) is 13.8 Å². The van der Waals surface area contributed by atoms with Crippen LogP contribution in [0.1, 0.15) is 103 Å². The third-order valence-corrected chi connectivity index (χ3v) is 6.28. The summed E-state index contributed by atoms with van der Waals surface area (Å²) in [5.41, 5.74) is 0.357. The van der Waals surface area contributed by atoms with Crippen molar-refractivity contribution >= 4 is 5.97 Å². The number of halogens is 2. The van der Waals surface area contributed by atoms with Gasteiger partial charge in [0, 0.05) is 0 Å². The molecule has 1 aliphatic rings. The lowest BCUT2D eigenvalue weighted by atomic mass is 9.80. The minimum atomic E-state index is -1.03. The van der Waals surface area contributed by atoms with Crippen LogP contribution in [0.5, 0.6) is 5.75 Å². The maximum absolute atomic E-state index is 14.3. The molecule has 0 radical (unpaired) electrons. The first kappa shape index (κ1) is 23.8. The van der Waals surface area contributed by atoms with E-state index in [-0.39, 0.29) is 11.7 Å². The van der Waals surface area contributed by atoms with Crippen molar-refractivity contribution in [3.8, 4) is 5.75 Å². The van der Waals surface area contributed by atoms with E-state index in [9.17, 15) is 13.6 Å². The molecule has 0 unspecified atom stereocenters. The van der Waals surface area contributed by atoms with Gasteiger partial charge in [-0.1, -0.05) is 71.3 Å². The molecule has 2 rings (SSSR count). The maximum Gasteiger partial charge on any atom is 0.314 e. The molecule has 0 heterocycles. The summed E-state index contributed by atoms with van der Waals surface area (Å²) in [6.45, 7) is 4.29. The van der Waals surface area contributed by atoms with Crippen LogP contribution in [0.2, 0.25) is 0 Å². The van der Waals surface area contributed by atoms with Crippen molar-refractivity contribution in [2.45, 2.75) is 104 Å².